The van der Waals surface area contributed by atoms with Crippen molar-refractivity contribution >= 4 is 11.6 Å². The Morgan fingerprint density at radius 2 is 1.75 bits per heavy atom. The molecule has 0 saturated heterocycles. The van der Waals surface area contributed by atoms with Crippen molar-refractivity contribution < 1.29 is 4.79 Å². The first-order chi connectivity index (χ1) is 9.64. The number of hydrogen-bond acceptors (Lipinski definition) is 3. The summed E-state index contributed by atoms with van der Waals surface area (Å²) in [5.41, 5.74) is 1.51. The third-order valence-corrected chi connectivity index (χ3v) is 4.45. The highest BCUT2D eigenvalue weighted by atomic mass is 16.2. The van der Waals surface area contributed by atoms with Crippen LogP contribution in [0.5, 0.6) is 0 Å². The van der Waals surface area contributed by atoms with Gasteiger partial charge in [-0.05, 0) is 37.8 Å². The van der Waals surface area contributed by atoms with Gasteiger partial charge in [0.2, 0.25) is 0 Å². The number of carbonyl (C=O) groups excluding carboxylic acids is 1. The van der Waals surface area contributed by atoms with E-state index in [0.717, 1.165) is 24.1 Å². The highest BCUT2D eigenvalue weighted by molar-refractivity contribution is 6.01. The van der Waals surface area contributed by atoms with Crippen LogP contribution < -0.4 is 5.32 Å². The fraction of sp³-hybridized carbons (Fsp3) is 0.562. The molecule has 1 fully saturated rings. The van der Waals surface area contributed by atoms with Crippen LogP contribution in [0.3, 0.4) is 0 Å². The second-order valence-corrected chi connectivity index (χ2v) is 6.08. The lowest BCUT2D eigenvalue weighted by atomic mass is 9.94. The summed E-state index contributed by atoms with van der Waals surface area (Å²) in [5.74, 6) is 0.117. The molecular formula is C16H23N3O. The largest absolute Gasteiger partial charge is 0.361 e. The molecule has 0 radical (unpaired) electrons. The Morgan fingerprint density at radius 3 is 2.40 bits per heavy atom. The quantitative estimate of drug-likeness (QED) is 0.854. The lowest BCUT2D eigenvalue weighted by Crippen LogP contribution is -2.64. The van der Waals surface area contributed by atoms with Crippen LogP contribution in [0.1, 0.15) is 48.9 Å². The number of rotatable bonds is 1. The van der Waals surface area contributed by atoms with Crippen molar-refractivity contribution in [3.8, 4) is 0 Å². The van der Waals surface area contributed by atoms with Gasteiger partial charge in [-0.3, -0.25) is 4.79 Å². The number of para-hydroxylation sites is 1. The van der Waals surface area contributed by atoms with Gasteiger partial charge in [-0.15, -0.1) is 0 Å². The molecule has 0 atom stereocenters. The maximum atomic E-state index is 12.9. The highest BCUT2D eigenvalue weighted by Crippen LogP contribution is 2.39. The number of carbonyl (C=O) groups is 1. The summed E-state index contributed by atoms with van der Waals surface area (Å²) in [7, 11) is 3.92. The zero-order valence-electron chi connectivity index (χ0n) is 12.4. The zero-order valence-corrected chi connectivity index (χ0v) is 12.4. The molecule has 1 aliphatic carbocycles. The summed E-state index contributed by atoms with van der Waals surface area (Å²) in [6, 6.07) is 7.85. The van der Waals surface area contributed by atoms with Gasteiger partial charge in [0.1, 0.15) is 5.66 Å². The molecule has 1 amide bonds. The van der Waals surface area contributed by atoms with Crippen LogP contribution in [0.15, 0.2) is 24.3 Å². The lowest BCUT2D eigenvalue weighted by Gasteiger charge is -2.50. The fourth-order valence-corrected chi connectivity index (χ4v) is 3.61. The van der Waals surface area contributed by atoms with Crippen molar-refractivity contribution in [3.63, 3.8) is 0 Å². The van der Waals surface area contributed by atoms with E-state index in [9.17, 15) is 4.79 Å². The molecule has 108 valence electrons. The third-order valence-electron chi connectivity index (χ3n) is 4.45. The van der Waals surface area contributed by atoms with E-state index in [4.69, 9.17) is 0 Å². The van der Waals surface area contributed by atoms with Crippen LogP contribution in [-0.2, 0) is 0 Å². The van der Waals surface area contributed by atoms with E-state index in [1.807, 2.05) is 48.4 Å². The SMILES string of the molecule is CN(C)N1C(=O)c2ccccc2NC12CCCCCC2. The molecule has 1 aromatic carbocycles. The van der Waals surface area contributed by atoms with Crippen molar-refractivity contribution in [2.24, 2.45) is 0 Å². The second kappa shape index (κ2) is 5.09. The van der Waals surface area contributed by atoms with Crippen molar-refractivity contribution in [2.75, 3.05) is 19.4 Å². The standard InChI is InChI=1S/C16H23N3O/c1-18(2)19-15(20)13-9-5-6-10-14(13)17-16(19)11-7-3-4-8-12-16/h5-6,9-10,17H,3-4,7-8,11-12H2,1-2H3. The first-order valence-electron chi connectivity index (χ1n) is 7.53. The van der Waals surface area contributed by atoms with Crippen LogP contribution in [0.2, 0.25) is 0 Å². The minimum atomic E-state index is -0.245. The topological polar surface area (TPSA) is 35.6 Å². The van der Waals surface area contributed by atoms with Gasteiger partial charge in [0.05, 0.1) is 5.56 Å². The van der Waals surface area contributed by atoms with Crippen LogP contribution in [0, 0.1) is 0 Å². The molecule has 1 heterocycles. The van der Waals surface area contributed by atoms with Gasteiger partial charge < -0.3 is 5.32 Å². The minimum absolute atomic E-state index is 0.117. The molecule has 3 rings (SSSR count). The molecule has 1 N–H and O–H groups in total. The number of anilines is 1. The van der Waals surface area contributed by atoms with E-state index < -0.39 is 0 Å². The van der Waals surface area contributed by atoms with E-state index in [2.05, 4.69) is 5.32 Å². The molecule has 0 unspecified atom stereocenters. The summed E-state index contributed by atoms with van der Waals surface area (Å²) < 4.78 is 0. The van der Waals surface area contributed by atoms with Crippen LogP contribution in [-0.4, -0.2) is 35.7 Å². The number of nitrogens with one attached hydrogen (secondary N) is 1. The van der Waals surface area contributed by atoms with Gasteiger partial charge in [0, 0.05) is 19.8 Å². The fourth-order valence-electron chi connectivity index (χ4n) is 3.61. The summed E-state index contributed by atoms with van der Waals surface area (Å²) in [6.45, 7) is 0. The van der Waals surface area contributed by atoms with E-state index in [1.54, 1.807) is 0 Å². The number of benzene rings is 1. The molecule has 20 heavy (non-hydrogen) atoms. The Kier molecular flexibility index (Phi) is 3.42. The van der Waals surface area contributed by atoms with Gasteiger partial charge in [0.25, 0.3) is 5.91 Å². The van der Waals surface area contributed by atoms with Gasteiger partial charge in [-0.25, -0.2) is 10.0 Å². The molecule has 0 bridgehead atoms. The Morgan fingerprint density at radius 1 is 1.10 bits per heavy atom. The van der Waals surface area contributed by atoms with Gasteiger partial charge in [-0.1, -0.05) is 25.0 Å². The van der Waals surface area contributed by atoms with E-state index in [-0.39, 0.29) is 11.6 Å². The first kappa shape index (κ1) is 13.4. The molecule has 4 heteroatoms. The highest BCUT2D eigenvalue weighted by Gasteiger charge is 2.45. The first-order valence-corrected chi connectivity index (χ1v) is 7.53. The van der Waals surface area contributed by atoms with Crippen molar-refractivity contribution in [1.29, 1.82) is 0 Å². The Bertz CT molecular complexity index is 504. The van der Waals surface area contributed by atoms with E-state index in [0.29, 0.717) is 0 Å². The van der Waals surface area contributed by atoms with Crippen molar-refractivity contribution in [1.82, 2.24) is 10.0 Å². The van der Waals surface area contributed by atoms with Crippen molar-refractivity contribution in [3.05, 3.63) is 29.8 Å². The third kappa shape index (κ3) is 2.08. The Balaban J connectivity index is 2.06. The van der Waals surface area contributed by atoms with Gasteiger partial charge in [0.15, 0.2) is 0 Å². The Hall–Kier alpha value is -1.55. The van der Waals surface area contributed by atoms with E-state index >= 15 is 0 Å². The van der Waals surface area contributed by atoms with Gasteiger partial charge >= 0.3 is 0 Å². The molecule has 1 spiro atoms. The molecule has 1 aromatic rings. The maximum Gasteiger partial charge on any atom is 0.272 e. The number of hydrazine groups is 1. The molecule has 4 nitrogen and oxygen atoms in total. The smallest absolute Gasteiger partial charge is 0.272 e. The maximum absolute atomic E-state index is 12.9. The second-order valence-electron chi connectivity index (χ2n) is 6.08. The monoisotopic (exact) mass is 273 g/mol. The van der Waals surface area contributed by atoms with Crippen LogP contribution in [0.4, 0.5) is 5.69 Å². The van der Waals surface area contributed by atoms with E-state index in [1.165, 1.54) is 25.7 Å². The molecule has 2 aliphatic rings. The predicted octanol–water partition coefficient (Wildman–Crippen LogP) is 3.08. The van der Waals surface area contributed by atoms with Crippen LogP contribution in [0.25, 0.3) is 0 Å². The predicted molar refractivity (Wildman–Crippen MR) is 80.4 cm³/mol. The molecule has 0 aromatic heterocycles. The summed E-state index contributed by atoms with van der Waals surface area (Å²) in [6.07, 6.45) is 6.91. The number of hydrogen-bond donors (Lipinski definition) is 1. The number of amides is 1. The normalized spacial score (nSPS) is 21.6. The van der Waals surface area contributed by atoms with Crippen LogP contribution >= 0.6 is 0 Å². The summed E-state index contributed by atoms with van der Waals surface area (Å²) in [5, 5.41) is 7.55. The zero-order chi connectivity index (χ0) is 14.2. The number of fused-ring (bicyclic) bond motifs is 1. The molecule has 1 saturated carbocycles. The summed E-state index contributed by atoms with van der Waals surface area (Å²) >= 11 is 0. The van der Waals surface area contributed by atoms with Crippen molar-refractivity contribution in [2.45, 2.75) is 44.2 Å². The molecule has 1 aliphatic heterocycles. The van der Waals surface area contributed by atoms with Gasteiger partial charge in [-0.2, -0.15) is 0 Å². The molecular weight excluding hydrogens is 250 g/mol. The summed E-state index contributed by atoms with van der Waals surface area (Å²) in [4.78, 5) is 12.9. The lowest BCUT2D eigenvalue weighted by molar-refractivity contribution is -0.0475. The number of nitrogens with zero attached hydrogens (tertiary/aromatic N) is 2. The average Bonchev–Trinajstić information content (AvgIpc) is 2.64. The minimum Gasteiger partial charge on any atom is -0.361 e. The average molecular weight is 273 g/mol. The Labute approximate surface area is 120 Å².